The molecule has 24 heavy (non-hydrogen) atoms. The van der Waals surface area contributed by atoms with E-state index < -0.39 is 0 Å². The van der Waals surface area contributed by atoms with E-state index in [0.717, 1.165) is 18.4 Å². The summed E-state index contributed by atoms with van der Waals surface area (Å²) in [5.41, 5.74) is 4.55. The van der Waals surface area contributed by atoms with Gasteiger partial charge < -0.3 is 10.2 Å². The van der Waals surface area contributed by atoms with E-state index in [4.69, 9.17) is 0 Å². The van der Waals surface area contributed by atoms with E-state index in [1.54, 1.807) is 12.1 Å². The van der Waals surface area contributed by atoms with Crippen LogP contribution in [0.25, 0.3) is 0 Å². The molecule has 0 bridgehead atoms. The van der Waals surface area contributed by atoms with Crippen LogP contribution >= 0.6 is 0 Å². The Morgan fingerprint density at radius 3 is 2.50 bits per heavy atom. The smallest absolute Gasteiger partial charge is 0.123 e. The summed E-state index contributed by atoms with van der Waals surface area (Å²) in [7, 11) is 0. The van der Waals surface area contributed by atoms with Crippen LogP contribution in [-0.4, -0.2) is 10.2 Å². The van der Waals surface area contributed by atoms with Crippen molar-refractivity contribution in [3.8, 4) is 11.5 Å². The predicted molar refractivity (Wildman–Crippen MR) is 101 cm³/mol. The van der Waals surface area contributed by atoms with Gasteiger partial charge in [0.15, 0.2) is 0 Å². The molecular weight excluding hydrogens is 296 g/mol. The van der Waals surface area contributed by atoms with Gasteiger partial charge >= 0.3 is 0 Å². The first kappa shape index (κ1) is 18.6. The Morgan fingerprint density at radius 2 is 1.92 bits per heavy atom. The van der Waals surface area contributed by atoms with Gasteiger partial charge in [0.2, 0.25) is 0 Å². The molecule has 2 N–H and O–H groups in total. The van der Waals surface area contributed by atoms with Gasteiger partial charge in [-0.1, -0.05) is 37.6 Å². The molecule has 0 aliphatic heterocycles. The Hall–Kier alpha value is -1.70. The maximum Gasteiger partial charge on any atom is 0.123 e. The van der Waals surface area contributed by atoms with Crippen LogP contribution < -0.4 is 0 Å². The minimum absolute atomic E-state index is 0.179. The summed E-state index contributed by atoms with van der Waals surface area (Å²) in [6.45, 7) is 13.0. The van der Waals surface area contributed by atoms with Crippen molar-refractivity contribution in [2.24, 2.45) is 11.3 Å². The van der Waals surface area contributed by atoms with Gasteiger partial charge in [-0.2, -0.15) is 0 Å². The first-order valence-corrected chi connectivity index (χ1v) is 9.05. The third kappa shape index (κ3) is 4.43. The number of allylic oxidation sites excluding steroid dienone is 3. The van der Waals surface area contributed by atoms with Gasteiger partial charge in [-0.15, -0.1) is 0 Å². The fraction of sp³-hybridized carbons (Fsp3) is 0.545. The van der Waals surface area contributed by atoms with Crippen LogP contribution in [-0.2, 0) is 6.42 Å². The van der Waals surface area contributed by atoms with Crippen LogP contribution in [0.1, 0.15) is 64.0 Å². The summed E-state index contributed by atoms with van der Waals surface area (Å²) in [5, 5.41) is 20.0. The molecule has 0 heterocycles. The molecule has 1 saturated carbocycles. The molecule has 1 aliphatic rings. The van der Waals surface area contributed by atoms with Gasteiger partial charge in [0.25, 0.3) is 0 Å². The normalized spacial score (nSPS) is 21.1. The van der Waals surface area contributed by atoms with Crippen molar-refractivity contribution in [2.45, 2.75) is 66.2 Å². The molecule has 2 rings (SSSR count). The summed E-state index contributed by atoms with van der Waals surface area (Å²) >= 11 is 0. The van der Waals surface area contributed by atoms with E-state index in [0.29, 0.717) is 23.3 Å². The van der Waals surface area contributed by atoms with Gasteiger partial charge in [0.05, 0.1) is 0 Å². The van der Waals surface area contributed by atoms with E-state index in [-0.39, 0.29) is 11.5 Å². The van der Waals surface area contributed by atoms with Crippen molar-refractivity contribution >= 4 is 0 Å². The molecular formula is C22H32O2. The molecule has 132 valence electrons. The second kappa shape index (κ2) is 7.46. The summed E-state index contributed by atoms with van der Waals surface area (Å²) in [5.74, 6) is 0.951. The SMILES string of the molecule is C=C1CCCC(C)(C)C1CCC(C)=CCc1c(O)cc(C)cc1O. The molecule has 1 aromatic carbocycles. The predicted octanol–water partition coefficient (Wildman–Crippen LogP) is 6.06. The summed E-state index contributed by atoms with van der Waals surface area (Å²) in [6.07, 6.45) is 8.59. The quantitative estimate of drug-likeness (QED) is 0.645. The van der Waals surface area contributed by atoms with Crippen LogP contribution in [0.5, 0.6) is 11.5 Å². The highest BCUT2D eigenvalue weighted by atomic mass is 16.3. The Kier molecular flexibility index (Phi) is 5.79. The summed E-state index contributed by atoms with van der Waals surface area (Å²) in [4.78, 5) is 0. The molecule has 0 amide bonds. The largest absolute Gasteiger partial charge is 0.508 e. The average molecular weight is 328 g/mol. The number of phenols is 2. The molecule has 0 aromatic heterocycles. The van der Waals surface area contributed by atoms with Crippen molar-refractivity contribution in [1.82, 2.24) is 0 Å². The van der Waals surface area contributed by atoms with Crippen LogP contribution in [0.3, 0.4) is 0 Å². The summed E-state index contributed by atoms with van der Waals surface area (Å²) < 4.78 is 0. The highest BCUT2D eigenvalue weighted by Gasteiger charge is 2.33. The van der Waals surface area contributed by atoms with Crippen molar-refractivity contribution in [2.75, 3.05) is 0 Å². The monoisotopic (exact) mass is 328 g/mol. The molecule has 2 heteroatoms. The second-order valence-corrected chi connectivity index (χ2v) is 8.13. The van der Waals surface area contributed by atoms with E-state index in [2.05, 4.69) is 33.4 Å². The Balaban J connectivity index is 1.99. The molecule has 0 saturated heterocycles. The van der Waals surface area contributed by atoms with E-state index in [9.17, 15) is 10.2 Å². The standard InChI is InChI=1S/C22H32O2/c1-15(8-10-18-20(23)13-16(2)14-21(18)24)9-11-19-17(3)7-6-12-22(19,4)5/h8,13-14,19,23-24H,3,6-7,9-12H2,1-2,4-5H3. The number of benzene rings is 1. The van der Waals surface area contributed by atoms with Gasteiger partial charge in [0, 0.05) is 5.56 Å². The molecule has 2 nitrogen and oxygen atoms in total. The second-order valence-electron chi connectivity index (χ2n) is 8.13. The maximum absolute atomic E-state index is 10.0. The third-order valence-electron chi connectivity index (χ3n) is 5.58. The number of hydrogen-bond acceptors (Lipinski definition) is 2. The minimum atomic E-state index is 0.179. The lowest BCUT2D eigenvalue weighted by Gasteiger charge is -2.40. The number of hydrogen-bond donors (Lipinski definition) is 2. The van der Waals surface area contributed by atoms with Crippen LogP contribution in [0.2, 0.25) is 0 Å². The van der Waals surface area contributed by atoms with Crippen molar-refractivity contribution < 1.29 is 10.2 Å². The van der Waals surface area contributed by atoms with Gasteiger partial charge in [-0.3, -0.25) is 0 Å². The molecule has 1 aromatic rings. The van der Waals surface area contributed by atoms with Crippen molar-refractivity contribution in [3.63, 3.8) is 0 Å². The number of aryl methyl sites for hydroxylation is 1. The summed E-state index contributed by atoms with van der Waals surface area (Å²) in [6, 6.07) is 3.40. The Bertz CT molecular complexity index is 614. The minimum Gasteiger partial charge on any atom is -0.508 e. The number of rotatable bonds is 5. The maximum atomic E-state index is 10.0. The van der Waals surface area contributed by atoms with Crippen LogP contribution in [0.15, 0.2) is 35.9 Å². The van der Waals surface area contributed by atoms with Gasteiger partial charge in [-0.25, -0.2) is 0 Å². The highest BCUT2D eigenvalue weighted by Crippen LogP contribution is 2.45. The molecule has 0 radical (unpaired) electrons. The Morgan fingerprint density at radius 1 is 1.29 bits per heavy atom. The van der Waals surface area contributed by atoms with Crippen LogP contribution in [0.4, 0.5) is 0 Å². The van der Waals surface area contributed by atoms with E-state index in [1.165, 1.54) is 30.4 Å². The lowest BCUT2D eigenvalue weighted by atomic mass is 9.65. The van der Waals surface area contributed by atoms with Crippen molar-refractivity contribution in [3.05, 3.63) is 47.1 Å². The zero-order valence-electron chi connectivity index (χ0n) is 15.7. The molecule has 1 fully saturated rings. The fourth-order valence-electron chi connectivity index (χ4n) is 4.00. The zero-order chi connectivity index (χ0) is 17.9. The van der Waals surface area contributed by atoms with Gasteiger partial charge in [-0.05, 0) is 81.4 Å². The average Bonchev–Trinajstić information content (AvgIpc) is 2.44. The molecule has 0 spiro atoms. The third-order valence-corrected chi connectivity index (χ3v) is 5.58. The molecule has 1 aliphatic carbocycles. The van der Waals surface area contributed by atoms with Crippen LogP contribution in [0, 0.1) is 18.3 Å². The highest BCUT2D eigenvalue weighted by molar-refractivity contribution is 5.47. The molecule has 1 atom stereocenters. The van der Waals surface area contributed by atoms with Crippen molar-refractivity contribution in [1.29, 1.82) is 0 Å². The van der Waals surface area contributed by atoms with E-state index >= 15 is 0 Å². The Labute approximate surface area is 146 Å². The molecule has 1 unspecified atom stereocenters. The van der Waals surface area contributed by atoms with Gasteiger partial charge in [0.1, 0.15) is 11.5 Å². The number of phenolic OH excluding ortho intramolecular Hbond substituents is 2. The topological polar surface area (TPSA) is 40.5 Å². The lowest BCUT2D eigenvalue weighted by molar-refractivity contribution is 0.180. The first-order chi connectivity index (χ1) is 11.2. The van der Waals surface area contributed by atoms with E-state index in [1.807, 2.05) is 6.92 Å². The first-order valence-electron chi connectivity index (χ1n) is 9.05. The lowest BCUT2D eigenvalue weighted by Crippen LogP contribution is -2.29. The zero-order valence-corrected chi connectivity index (χ0v) is 15.7. The fourth-order valence-corrected chi connectivity index (χ4v) is 4.00. The number of aromatic hydroxyl groups is 2.